The summed E-state index contributed by atoms with van der Waals surface area (Å²) in [5.74, 6) is -2.66. The SMILES string of the molecule is CC.CC(C)CC(OC(=O)C(C)(C)CNC(=O)CNC(=O)/C=C/CCCC(O)Cc1ccc(COC(=O)CN)cc1)C(=O)O.COc1ccc(C)cc1Cl. The number of aryl methyl sites for hydroxylation is 1. The van der Waals surface area contributed by atoms with E-state index in [1.54, 1.807) is 13.2 Å². The van der Waals surface area contributed by atoms with Crippen LogP contribution in [0.25, 0.3) is 0 Å². The van der Waals surface area contributed by atoms with Crippen molar-refractivity contribution < 1.29 is 48.4 Å². The van der Waals surface area contributed by atoms with Gasteiger partial charge in [0.25, 0.3) is 0 Å². The molecular formula is C40H60ClN3O10. The predicted octanol–water partition coefficient (Wildman–Crippen LogP) is 5.30. The molecule has 0 fully saturated rings. The third kappa shape index (κ3) is 21.9. The van der Waals surface area contributed by atoms with E-state index in [4.69, 9.17) is 31.5 Å². The van der Waals surface area contributed by atoms with Gasteiger partial charge < -0.3 is 40.8 Å². The Labute approximate surface area is 325 Å². The van der Waals surface area contributed by atoms with Crippen LogP contribution in [0.2, 0.25) is 5.02 Å². The number of methoxy groups -OCH3 is 1. The molecule has 0 aliphatic rings. The number of carbonyl (C=O) groups is 5. The highest BCUT2D eigenvalue weighted by Gasteiger charge is 2.34. The van der Waals surface area contributed by atoms with Gasteiger partial charge in [-0.3, -0.25) is 19.2 Å². The first-order valence-electron chi connectivity index (χ1n) is 18.0. The van der Waals surface area contributed by atoms with Crippen molar-refractivity contribution >= 4 is 41.3 Å². The van der Waals surface area contributed by atoms with Gasteiger partial charge in [-0.1, -0.05) is 75.7 Å². The van der Waals surface area contributed by atoms with Crippen molar-refractivity contribution in [1.82, 2.24) is 10.6 Å². The van der Waals surface area contributed by atoms with Crippen LogP contribution in [0.15, 0.2) is 54.6 Å². The van der Waals surface area contributed by atoms with Crippen LogP contribution in [0, 0.1) is 18.3 Å². The Kier molecular flexibility index (Phi) is 24.9. The number of ether oxygens (including phenoxy) is 3. The number of unbranched alkanes of at least 4 members (excludes halogenated alkanes) is 1. The summed E-state index contributed by atoms with van der Waals surface area (Å²) >= 11 is 5.80. The second-order valence-electron chi connectivity index (χ2n) is 13.3. The summed E-state index contributed by atoms with van der Waals surface area (Å²) in [7, 11) is 1.61. The number of nitrogens with two attached hydrogens (primary N) is 1. The molecule has 0 saturated heterocycles. The Morgan fingerprint density at radius 1 is 1.00 bits per heavy atom. The van der Waals surface area contributed by atoms with E-state index in [1.165, 1.54) is 19.9 Å². The molecule has 14 heteroatoms. The van der Waals surface area contributed by atoms with Gasteiger partial charge in [-0.05, 0) is 93.7 Å². The zero-order valence-corrected chi connectivity index (χ0v) is 33.7. The number of allylic oxidation sites excluding steroid dienone is 1. The number of hydrogen-bond donors (Lipinski definition) is 5. The summed E-state index contributed by atoms with van der Waals surface area (Å²) in [6.45, 7) is 12.3. The van der Waals surface area contributed by atoms with E-state index in [0.29, 0.717) is 30.7 Å². The van der Waals surface area contributed by atoms with Crippen LogP contribution in [0.5, 0.6) is 5.75 Å². The molecule has 0 aliphatic carbocycles. The lowest BCUT2D eigenvalue weighted by molar-refractivity contribution is -0.171. The maximum Gasteiger partial charge on any atom is 0.345 e. The quantitative estimate of drug-likeness (QED) is 0.0663. The van der Waals surface area contributed by atoms with Gasteiger partial charge in [0.2, 0.25) is 11.8 Å². The van der Waals surface area contributed by atoms with Gasteiger partial charge in [-0.15, -0.1) is 0 Å². The Bertz CT molecular complexity index is 1480. The number of halogens is 1. The molecule has 302 valence electrons. The summed E-state index contributed by atoms with van der Waals surface area (Å²) in [4.78, 5) is 59.1. The highest BCUT2D eigenvalue weighted by atomic mass is 35.5. The van der Waals surface area contributed by atoms with Gasteiger partial charge in [0.15, 0.2) is 6.10 Å². The lowest BCUT2D eigenvalue weighted by atomic mass is 9.93. The number of esters is 2. The van der Waals surface area contributed by atoms with E-state index in [-0.39, 0.29) is 38.6 Å². The van der Waals surface area contributed by atoms with Crippen LogP contribution in [0.4, 0.5) is 0 Å². The lowest BCUT2D eigenvalue weighted by Crippen LogP contribution is -2.45. The topological polar surface area (TPSA) is 204 Å². The highest BCUT2D eigenvalue weighted by molar-refractivity contribution is 6.32. The Morgan fingerprint density at radius 3 is 2.19 bits per heavy atom. The summed E-state index contributed by atoms with van der Waals surface area (Å²) in [6, 6.07) is 13.1. The van der Waals surface area contributed by atoms with Crippen LogP contribution in [-0.4, -0.2) is 78.9 Å². The zero-order chi connectivity index (χ0) is 41.3. The monoisotopic (exact) mass is 777 g/mol. The summed E-state index contributed by atoms with van der Waals surface area (Å²) < 4.78 is 15.1. The smallest absolute Gasteiger partial charge is 0.345 e. The normalized spacial score (nSPS) is 11.9. The molecule has 0 saturated carbocycles. The molecule has 2 aromatic rings. The van der Waals surface area contributed by atoms with E-state index < -0.39 is 47.3 Å². The standard InChI is InChI=1S/C30H45N3O9.C8H9ClO.C2H6/c1-20(2)14-24(28(38)39)42-29(40)30(3,4)19-33-26(36)17-32-25(35)9-7-5-6-8-23(34)15-21-10-12-22(13-11-21)18-41-27(37)16-31;1-6-3-4-8(10-2)7(9)5-6;1-2/h7,9-13,20,23-24,34H,5-6,8,14-19,31H2,1-4H3,(H,32,35)(H,33,36)(H,38,39);3-5H,1-2H3;1-2H3/b9-7+;;. The molecule has 0 heterocycles. The molecule has 0 radical (unpaired) electrons. The second-order valence-corrected chi connectivity index (χ2v) is 13.7. The third-order valence-corrected chi connectivity index (χ3v) is 7.75. The van der Waals surface area contributed by atoms with Crippen LogP contribution in [0.1, 0.15) is 83.9 Å². The summed E-state index contributed by atoms with van der Waals surface area (Å²) in [6.07, 6.45) is 3.56. The first-order valence-corrected chi connectivity index (χ1v) is 18.4. The van der Waals surface area contributed by atoms with Crippen molar-refractivity contribution in [2.45, 2.75) is 99.4 Å². The van der Waals surface area contributed by atoms with E-state index in [2.05, 4.69) is 10.6 Å². The number of carboxylic acid groups (broad SMARTS) is 1. The highest BCUT2D eigenvalue weighted by Crippen LogP contribution is 2.24. The zero-order valence-electron chi connectivity index (χ0n) is 32.9. The fourth-order valence-corrected chi connectivity index (χ4v) is 4.71. The molecule has 2 amide bonds. The molecule has 0 aromatic heterocycles. The van der Waals surface area contributed by atoms with Crippen molar-refractivity contribution in [3.8, 4) is 5.75 Å². The van der Waals surface area contributed by atoms with Crippen LogP contribution >= 0.6 is 11.6 Å². The van der Waals surface area contributed by atoms with E-state index in [1.807, 2.05) is 77.1 Å². The molecule has 0 bridgehead atoms. The van der Waals surface area contributed by atoms with Gasteiger partial charge in [-0.25, -0.2) is 4.79 Å². The molecule has 0 aliphatic heterocycles. The molecular weight excluding hydrogens is 718 g/mol. The molecule has 0 spiro atoms. The van der Waals surface area contributed by atoms with Gasteiger partial charge in [0.1, 0.15) is 12.4 Å². The average Bonchev–Trinajstić information content (AvgIpc) is 3.13. The fourth-order valence-electron chi connectivity index (χ4n) is 4.40. The van der Waals surface area contributed by atoms with E-state index in [9.17, 15) is 34.2 Å². The maximum atomic E-state index is 12.5. The van der Waals surface area contributed by atoms with Crippen LogP contribution in [0.3, 0.4) is 0 Å². The maximum absolute atomic E-state index is 12.5. The molecule has 6 N–H and O–H groups in total. The fraction of sp³-hybridized carbons (Fsp3) is 0.525. The Balaban J connectivity index is 0.00000199. The molecule has 2 atom stereocenters. The number of benzene rings is 2. The largest absolute Gasteiger partial charge is 0.495 e. The summed E-state index contributed by atoms with van der Waals surface area (Å²) in [5, 5.41) is 25.2. The van der Waals surface area contributed by atoms with Crippen LogP contribution < -0.4 is 21.1 Å². The van der Waals surface area contributed by atoms with Gasteiger partial charge in [0.05, 0.1) is 36.7 Å². The Hall–Kier alpha value is -4.46. The predicted molar refractivity (Wildman–Crippen MR) is 209 cm³/mol. The van der Waals surface area contributed by atoms with Gasteiger partial charge in [0, 0.05) is 6.54 Å². The molecule has 2 unspecified atom stereocenters. The van der Waals surface area contributed by atoms with Crippen molar-refractivity contribution in [3.63, 3.8) is 0 Å². The first-order chi connectivity index (χ1) is 25.5. The number of aliphatic hydroxyl groups is 1. The number of aliphatic hydroxyl groups excluding tert-OH is 1. The van der Waals surface area contributed by atoms with Crippen molar-refractivity contribution in [1.29, 1.82) is 0 Å². The second kappa shape index (κ2) is 27.2. The minimum absolute atomic E-state index is 0.0179. The number of carbonyl (C=O) groups excluding carboxylic acids is 4. The molecule has 2 rings (SSSR count). The van der Waals surface area contributed by atoms with Crippen molar-refractivity contribution in [2.24, 2.45) is 17.1 Å². The first kappa shape index (κ1) is 49.5. The third-order valence-electron chi connectivity index (χ3n) is 7.46. The number of aliphatic carboxylic acids is 1. The number of carboxylic acids is 1. The average molecular weight is 778 g/mol. The molecule has 54 heavy (non-hydrogen) atoms. The van der Waals surface area contributed by atoms with Gasteiger partial charge in [-0.2, -0.15) is 0 Å². The number of nitrogens with one attached hydrogen (secondary N) is 2. The molecule has 13 nitrogen and oxygen atoms in total. The minimum atomic E-state index is -1.26. The van der Waals surface area contributed by atoms with Crippen molar-refractivity contribution in [3.05, 3.63) is 76.3 Å². The molecule has 2 aromatic carbocycles. The number of rotatable bonds is 20. The number of hydrogen-bond acceptors (Lipinski definition) is 10. The van der Waals surface area contributed by atoms with E-state index >= 15 is 0 Å². The number of amides is 2. The van der Waals surface area contributed by atoms with Crippen LogP contribution in [-0.2, 0) is 46.5 Å². The van der Waals surface area contributed by atoms with E-state index in [0.717, 1.165) is 22.4 Å². The minimum Gasteiger partial charge on any atom is -0.495 e. The van der Waals surface area contributed by atoms with Crippen molar-refractivity contribution in [2.75, 3.05) is 26.7 Å². The Morgan fingerprint density at radius 2 is 1.63 bits per heavy atom. The summed E-state index contributed by atoms with van der Waals surface area (Å²) in [5.41, 5.74) is 6.95. The van der Waals surface area contributed by atoms with Gasteiger partial charge >= 0.3 is 17.9 Å². The lowest BCUT2D eigenvalue weighted by Gasteiger charge is -2.25.